The van der Waals surface area contributed by atoms with Crippen LogP contribution in [0.2, 0.25) is 0 Å². The lowest BCUT2D eigenvalue weighted by atomic mass is 9.30. The molecule has 0 unspecified atom stereocenters. The van der Waals surface area contributed by atoms with Gasteiger partial charge in [0, 0.05) is 84.1 Å². The van der Waals surface area contributed by atoms with Crippen molar-refractivity contribution < 1.29 is 9.47 Å². The molecule has 11 aromatic rings. The van der Waals surface area contributed by atoms with Crippen molar-refractivity contribution in [1.29, 1.82) is 0 Å². The number of fused-ring (bicyclic) bond motifs is 8. The lowest BCUT2D eigenvalue weighted by molar-refractivity contribution is 0.463. The smallest absolute Gasteiger partial charge is 0.261 e. The number of anilines is 12. The van der Waals surface area contributed by atoms with Gasteiger partial charge in [0.1, 0.15) is 23.0 Å². The van der Waals surface area contributed by atoms with Gasteiger partial charge in [-0.1, -0.05) is 143 Å². The summed E-state index contributed by atoms with van der Waals surface area (Å²) in [7, 11) is 0. The van der Waals surface area contributed by atoms with Crippen LogP contribution in [0.15, 0.2) is 231 Å². The van der Waals surface area contributed by atoms with E-state index in [1.807, 2.05) is 0 Å². The number of nitrogens with zero attached hydrogens (tertiary/aromatic N) is 4. The first-order valence-electron chi connectivity index (χ1n) is 30.3. The molecule has 418 valence electrons. The van der Waals surface area contributed by atoms with Crippen LogP contribution in [-0.2, 0) is 11.8 Å². The van der Waals surface area contributed by atoms with E-state index in [0.717, 1.165) is 110 Å². The van der Waals surface area contributed by atoms with Crippen molar-refractivity contribution in [2.45, 2.75) is 73.1 Å². The topological polar surface area (TPSA) is 31.4 Å². The Hall–Kier alpha value is -8.92. The van der Waals surface area contributed by atoms with Crippen LogP contribution in [0.25, 0.3) is 0 Å². The average Bonchev–Trinajstić information content (AvgIpc) is 0.699. The van der Waals surface area contributed by atoms with Gasteiger partial charge in [0.2, 0.25) is 0 Å². The standard InChI is InChI=1S/C77H65B2IN4O2/c1-8-9-25-52-36-49(2)37-58(42-52)84-66-40-51(4)39-64(80)74(66)78-62-47-63-69(48-65(62)83(57-34-23-14-24-35-57)67-43-59(44-68(84)75(67)78)81(53-26-15-10-16-27-53)54-28-17-11-18-29-54)85-71-45-60(82(55-30-19-12-20-31-55)56-32-21-13-22-33-56)46-72-76(71)79(63)73-61(77(5,6)7)38-50(3)41-70(73)86-72/h10-24,26-48H,8-9,25H2,1-7H3. The van der Waals surface area contributed by atoms with Crippen LogP contribution in [0.4, 0.5) is 68.2 Å². The first-order valence-corrected chi connectivity index (χ1v) is 31.4. The fourth-order valence-corrected chi connectivity index (χ4v) is 15.2. The minimum Gasteiger partial charge on any atom is -0.458 e. The van der Waals surface area contributed by atoms with Crippen molar-refractivity contribution in [3.8, 4) is 23.0 Å². The van der Waals surface area contributed by atoms with Crippen LogP contribution >= 0.6 is 22.6 Å². The molecule has 0 saturated carbocycles. The zero-order valence-electron chi connectivity index (χ0n) is 49.7. The highest BCUT2D eigenvalue weighted by Gasteiger charge is 2.49. The van der Waals surface area contributed by atoms with Gasteiger partial charge in [-0.3, -0.25) is 0 Å². The van der Waals surface area contributed by atoms with E-state index >= 15 is 0 Å². The van der Waals surface area contributed by atoms with E-state index in [4.69, 9.17) is 9.47 Å². The number of unbranched alkanes of at least 4 members (excludes halogenated alkanes) is 1. The molecule has 0 aliphatic carbocycles. The third-order valence-corrected chi connectivity index (χ3v) is 18.6. The molecule has 0 saturated heterocycles. The summed E-state index contributed by atoms with van der Waals surface area (Å²) in [5.41, 5.74) is 26.3. The fraction of sp³-hybridized carbons (Fsp3) is 0.143. The maximum Gasteiger partial charge on any atom is 0.261 e. The van der Waals surface area contributed by atoms with Gasteiger partial charge in [-0.2, -0.15) is 0 Å². The fourth-order valence-electron chi connectivity index (χ4n) is 14.1. The normalized spacial score (nSPS) is 13.1. The Morgan fingerprint density at radius 2 is 0.884 bits per heavy atom. The highest BCUT2D eigenvalue weighted by molar-refractivity contribution is 14.1. The lowest BCUT2D eigenvalue weighted by Gasteiger charge is -2.46. The molecule has 4 aliphatic rings. The van der Waals surface area contributed by atoms with E-state index < -0.39 is 0 Å². The number of aryl methyl sites for hydroxylation is 4. The van der Waals surface area contributed by atoms with E-state index in [-0.39, 0.29) is 18.8 Å². The Kier molecular flexibility index (Phi) is 13.3. The van der Waals surface area contributed by atoms with E-state index in [2.05, 4.69) is 321 Å². The molecule has 86 heavy (non-hydrogen) atoms. The maximum atomic E-state index is 7.66. The largest absolute Gasteiger partial charge is 0.458 e. The molecule has 15 rings (SSSR count). The third-order valence-electron chi connectivity index (χ3n) is 17.7. The summed E-state index contributed by atoms with van der Waals surface area (Å²) in [5.74, 6) is 3.30. The number of benzene rings is 11. The van der Waals surface area contributed by atoms with E-state index in [1.54, 1.807) is 0 Å². The molecule has 0 radical (unpaired) electrons. The Morgan fingerprint density at radius 3 is 1.44 bits per heavy atom. The summed E-state index contributed by atoms with van der Waals surface area (Å²) in [6.45, 7) is 15.6. The van der Waals surface area contributed by atoms with Crippen molar-refractivity contribution in [2.24, 2.45) is 0 Å². The molecule has 0 spiro atoms. The van der Waals surface area contributed by atoms with Crippen molar-refractivity contribution in [2.75, 3.05) is 19.6 Å². The number of hydrogen-bond donors (Lipinski definition) is 0. The molecule has 0 amide bonds. The summed E-state index contributed by atoms with van der Waals surface area (Å²) in [5, 5.41) is 0. The molecular formula is C77H65B2IN4O2. The summed E-state index contributed by atoms with van der Waals surface area (Å²) >= 11 is 2.66. The van der Waals surface area contributed by atoms with Crippen molar-refractivity contribution in [3.05, 3.63) is 262 Å². The predicted molar refractivity (Wildman–Crippen MR) is 372 cm³/mol. The Morgan fingerprint density at radius 1 is 0.407 bits per heavy atom. The quantitative estimate of drug-likeness (QED) is 0.0948. The van der Waals surface area contributed by atoms with Crippen LogP contribution in [0.1, 0.15) is 68.4 Å². The van der Waals surface area contributed by atoms with Crippen LogP contribution < -0.4 is 61.9 Å². The van der Waals surface area contributed by atoms with Crippen LogP contribution in [0.3, 0.4) is 0 Å². The molecule has 4 heterocycles. The second kappa shape index (κ2) is 21.2. The van der Waals surface area contributed by atoms with Crippen LogP contribution in [-0.4, -0.2) is 13.4 Å². The van der Waals surface area contributed by atoms with Gasteiger partial charge in [-0.05, 0) is 220 Å². The Bertz CT molecular complexity index is 4380. The van der Waals surface area contributed by atoms with Crippen molar-refractivity contribution in [3.63, 3.8) is 0 Å². The minimum atomic E-state index is -0.215. The number of halogens is 1. The molecule has 0 aromatic heterocycles. The number of ether oxygens (including phenoxy) is 2. The average molecular weight is 1230 g/mol. The molecular weight excluding hydrogens is 1160 g/mol. The van der Waals surface area contributed by atoms with E-state index in [1.165, 1.54) is 64.6 Å². The van der Waals surface area contributed by atoms with Crippen molar-refractivity contribution in [1.82, 2.24) is 0 Å². The monoisotopic (exact) mass is 1230 g/mol. The molecule has 0 atom stereocenters. The van der Waals surface area contributed by atoms with Crippen LogP contribution in [0, 0.1) is 24.3 Å². The van der Waals surface area contributed by atoms with Gasteiger partial charge < -0.3 is 29.1 Å². The Balaban J connectivity index is 1.04. The van der Waals surface area contributed by atoms with Gasteiger partial charge >= 0.3 is 0 Å². The number of hydrogen-bond acceptors (Lipinski definition) is 6. The first-order chi connectivity index (χ1) is 41.9. The van der Waals surface area contributed by atoms with E-state index in [9.17, 15) is 0 Å². The molecule has 6 nitrogen and oxygen atoms in total. The molecule has 9 heteroatoms. The van der Waals surface area contributed by atoms with E-state index in [0.29, 0.717) is 0 Å². The summed E-state index contributed by atoms with van der Waals surface area (Å²) < 4.78 is 16.2. The Labute approximate surface area is 520 Å². The molecule has 0 bridgehead atoms. The zero-order valence-corrected chi connectivity index (χ0v) is 51.9. The van der Waals surface area contributed by atoms with Gasteiger partial charge in [-0.15, -0.1) is 0 Å². The minimum absolute atomic E-state index is 0.174. The third kappa shape index (κ3) is 9.07. The van der Waals surface area contributed by atoms with Gasteiger partial charge in [0.15, 0.2) is 0 Å². The second-order valence-electron chi connectivity index (χ2n) is 24.7. The summed E-state index contributed by atoms with van der Waals surface area (Å²) in [6, 6.07) is 85.0. The van der Waals surface area contributed by atoms with Crippen LogP contribution in [0.5, 0.6) is 23.0 Å². The number of rotatable bonds is 11. The molecule has 11 aromatic carbocycles. The second-order valence-corrected chi connectivity index (χ2v) is 25.9. The van der Waals surface area contributed by atoms with Gasteiger partial charge in [0.05, 0.1) is 11.4 Å². The first kappa shape index (κ1) is 53.8. The summed E-state index contributed by atoms with van der Waals surface area (Å²) in [4.78, 5) is 9.87. The highest BCUT2D eigenvalue weighted by Crippen LogP contribution is 2.51. The van der Waals surface area contributed by atoms with Gasteiger partial charge in [0.25, 0.3) is 13.4 Å². The zero-order chi connectivity index (χ0) is 58.5. The predicted octanol–water partition coefficient (Wildman–Crippen LogP) is 17.6. The maximum absolute atomic E-state index is 7.66. The molecule has 0 fully saturated rings. The lowest BCUT2D eigenvalue weighted by Crippen LogP contribution is -2.64. The highest BCUT2D eigenvalue weighted by atomic mass is 127. The van der Waals surface area contributed by atoms with Crippen molar-refractivity contribution >= 4 is 137 Å². The SMILES string of the molecule is CCCCc1cc(C)cc(N2c3cc(C)cc(I)c3B3c4cc5c(cc4N(c4ccccc4)c4cc(N(c6ccccc6)c6ccccc6)cc2c43)Oc2cc(N(c3ccccc3)c3ccccc3)cc3c2B5c2c(cc(C)cc2C(C)(C)C)O3)c1. The molecule has 0 N–H and O–H groups in total. The van der Waals surface area contributed by atoms with Gasteiger partial charge in [-0.25, -0.2) is 0 Å². The number of para-hydroxylation sites is 5. The summed E-state index contributed by atoms with van der Waals surface area (Å²) in [6.07, 6.45) is 3.28. The molecule has 4 aliphatic heterocycles.